The van der Waals surface area contributed by atoms with Gasteiger partial charge in [0.2, 0.25) is 0 Å². The Labute approximate surface area is 200 Å². The third-order valence-corrected chi connectivity index (χ3v) is 6.80. The van der Waals surface area contributed by atoms with Crippen LogP contribution in [0.3, 0.4) is 0 Å². The summed E-state index contributed by atoms with van der Waals surface area (Å²) in [4.78, 5) is 25.3. The second kappa shape index (κ2) is 10.5. The van der Waals surface area contributed by atoms with Crippen LogP contribution in [-0.4, -0.2) is 26.4 Å². The number of hydrogen-bond donors (Lipinski definition) is 2. The average molecular weight is 481 g/mol. The highest BCUT2D eigenvalue weighted by Crippen LogP contribution is 2.22. The van der Waals surface area contributed by atoms with Crippen LogP contribution in [0.1, 0.15) is 46.9 Å². The summed E-state index contributed by atoms with van der Waals surface area (Å²) in [5.74, 6) is -1.23. The molecule has 0 radical (unpaired) electrons. The summed E-state index contributed by atoms with van der Waals surface area (Å²) in [5.41, 5.74) is 2.74. The molecule has 0 spiro atoms. The molecule has 0 fully saturated rings. The molecule has 0 aliphatic rings. The Morgan fingerprint density at radius 1 is 0.853 bits per heavy atom. The van der Waals surface area contributed by atoms with E-state index in [1.165, 1.54) is 25.1 Å². The summed E-state index contributed by atoms with van der Waals surface area (Å²) in [6.07, 6.45) is -1.07. The minimum Gasteiger partial charge on any atom is -0.449 e. The molecule has 0 aromatic heterocycles. The molecule has 8 heteroatoms. The fourth-order valence-electron chi connectivity index (χ4n) is 3.31. The molecule has 0 saturated carbocycles. The number of ether oxygens (including phenoxy) is 1. The molecule has 3 aromatic rings. The highest BCUT2D eigenvalue weighted by atomic mass is 32.2. The Kier molecular flexibility index (Phi) is 7.73. The first-order valence-corrected chi connectivity index (χ1v) is 12.3. The number of sulfonamides is 1. The van der Waals surface area contributed by atoms with E-state index in [9.17, 15) is 18.0 Å². The SMILES string of the molecule is Cc1ccccc1NS(=O)(=O)c1ccc(C)c(C(=O)O[C@@H](C)C(=O)N[C@@H](C)c2ccccc2)c1. The first-order valence-electron chi connectivity index (χ1n) is 10.8. The second-order valence-corrected chi connectivity index (χ2v) is 9.77. The van der Waals surface area contributed by atoms with Gasteiger partial charge in [0.1, 0.15) is 0 Å². The maximum absolute atomic E-state index is 12.9. The molecule has 0 saturated heterocycles. The third-order valence-electron chi connectivity index (χ3n) is 5.44. The number of carbonyl (C=O) groups is 2. The molecule has 34 heavy (non-hydrogen) atoms. The normalized spacial score (nSPS) is 12.9. The van der Waals surface area contributed by atoms with Gasteiger partial charge < -0.3 is 10.1 Å². The van der Waals surface area contributed by atoms with Crippen molar-refractivity contribution in [1.82, 2.24) is 5.32 Å². The summed E-state index contributed by atoms with van der Waals surface area (Å²) in [6.45, 7) is 6.77. The molecule has 0 bridgehead atoms. The zero-order valence-electron chi connectivity index (χ0n) is 19.5. The predicted molar refractivity (Wildman–Crippen MR) is 131 cm³/mol. The lowest BCUT2D eigenvalue weighted by Gasteiger charge is -2.19. The highest BCUT2D eigenvalue weighted by Gasteiger charge is 2.24. The molecule has 3 aromatic carbocycles. The molecule has 0 unspecified atom stereocenters. The third kappa shape index (κ3) is 6.02. The van der Waals surface area contributed by atoms with Gasteiger partial charge in [-0.3, -0.25) is 9.52 Å². The Morgan fingerprint density at radius 3 is 2.18 bits per heavy atom. The van der Waals surface area contributed by atoms with Gasteiger partial charge >= 0.3 is 5.97 Å². The topological polar surface area (TPSA) is 102 Å². The lowest BCUT2D eigenvalue weighted by molar-refractivity contribution is -0.129. The van der Waals surface area contributed by atoms with Crippen molar-refractivity contribution in [2.45, 2.75) is 44.7 Å². The second-order valence-electron chi connectivity index (χ2n) is 8.09. The van der Waals surface area contributed by atoms with Gasteiger partial charge in [-0.25, -0.2) is 13.2 Å². The molecule has 1 amide bonds. The first-order chi connectivity index (χ1) is 16.1. The van der Waals surface area contributed by atoms with Gasteiger partial charge in [0.15, 0.2) is 6.10 Å². The average Bonchev–Trinajstić information content (AvgIpc) is 2.81. The number of rotatable bonds is 8. The quantitative estimate of drug-likeness (QED) is 0.462. The number of nitrogens with one attached hydrogen (secondary N) is 2. The maximum atomic E-state index is 12.9. The minimum atomic E-state index is -3.94. The number of amides is 1. The molecule has 2 N–H and O–H groups in total. The van der Waals surface area contributed by atoms with Crippen LogP contribution in [0.4, 0.5) is 5.69 Å². The van der Waals surface area contributed by atoms with Crippen LogP contribution in [0, 0.1) is 13.8 Å². The van der Waals surface area contributed by atoms with Gasteiger partial charge in [-0.15, -0.1) is 0 Å². The van der Waals surface area contributed by atoms with Gasteiger partial charge in [0, 0.05) is 0 Å². The first kappa shape index (κ1) is 25.0. The van der Waals surface area contributed by atoms with Gasteiger partial charge in [-0.1, -0.05) is 54.6 Å². The summed E-state index contributed by atoms with van der Waals surface area (Å²) in [5, 5.41) is 2.81. The van der Waals surface area contributed by atoms with Crippen molar-refractivity contribution in [2.24, 2.45) is 0 Å². The molecule has 3 rings (SSSR count). The molecule has 2 atom stereocenters. The van der Waals surface area contributed by atoms with Gasteiger partial charge in [0.25, 0.3) is 15.9 Å². The zero-order chi connectivity index (χ0) is 24.9. The lowest BCUT2D eigenvalue weighted by Crippen LogP contribution is -2.37. The summed E-state index contributed by atoms with van der Waals surface area (Å²) >= 11 is 0. The molecule has 178 valence electrons. The standard InChI is InChI=1S/C26H28N2O5S/c1-17-14-15-22(34(31,32)28-24-13-9-8-10-18(24)2)16-23(17)26(30)33-20(4)25(29)27-19(3)21-11-6-5-7-12-21/h5-16,19-20,28H,1-4H3,(H,27,29)/t19-,20-/m0/s1. The van der Waals surface area contributed by atoms with E-state index >= 15 is 0 Å². The smallest absolute Gasteiger partial charge is 0.339 e. The van der Waals surface area contributed by atoms with Gasteiger partial charge in [-0.2, -0.15) is 0 Å². The van der Waals surface area contributed by atoms with Crippen molar-refractivity contribution >= 4 is 27.6 Å². The van der Waals surface area contributed by atoms with Crippen LogP contribution >= 0.6 is 0 Å². The van der Waals surface area contributed by atoms with E-state index in [1.807, 2.05) is 43.3 Å². The van der Waals surface area contributed by atoms with E-state index < -0.39 is 28.0 Å². The van der Waals surface area contributed by atoms with Gasteiger partial charge in [-0.05, 0) is 62.6 Å². The Balaban J connectivity index is 1.73. The van der Waals surface area contributed by atoms with Crippen molar-refractivity contribution < 1.29 is 22.7 Å². The van der Waals surface area contributed by atoms with E-state index in [1.54, 1.807) is 32.0 Å². The molecular formula is C26H28N2O5S. The summed E-state index contributed by atoms with van der Waals surface area (Å²) in [7, 11) is -3.94. The largest absolute Gasteiger partial charge is 0.449 e. The van der Waals surface area contributed by atoms with Crippen LogP contribution in [0.25, 0.3) is 0 Å². The number of esters is 1. The number of hydrogen-bond acceptors (Lipinski definition) is 5. The molecule has 0 aliphatic carbocycles. The van der Waals surface area contributed by atoms with Crippen LogP contribution in [-0.2, 0) is 19.6 Å². The maximum Gasteiger partial charge on any atom is 0.339 e. The van der Waals surface area contributed by atoms with E-state index in [2.05, 4.69) is 10.0 Å². The molecular weight excluding hydrogens is 452 g/mol. The number of benzene rings is 3. The van der Waals surface area contributed by atoms with Crippen molar-refractivity contribution in [3.05, 3.63) is 95.1 Å². The fourth-order valence-corrected chi connectivity index (χ4v) is 4.47. The Morgan fingerprint density at radius 2 is 1.50 bits per heavy atom. The monoisotopic (exact) mass is 480 g/mol. The van der Waals surface area contributed by atoms with E-state index in [4.69, 9.17) is 4.74 Å². The summed E-state index contributed by atoms with van der Waals surface area (Å²) in [6, 6.07) is 20.4. The van der Waals surface area contributed by atoms with Crippen molar-refractivity contribution in [3.63, 3.8) is 0 Å². The molecule has 7 nitrogen and oxygen atoms in total. The number of para-hydroxylation sites is 1. The van der Waals surface area contributed by atoms with Crippen LogP contribution < -0.4 is 10.0 Å². The Bertz CT molecular complexity index is 1290. The number of carbonyl (C=O) groups excluding carboxylic acids is 2. The number of aryl methyl sites for hydroxylation is 2. The minimum absolute atomic E-state index is 0.0726. The highest BCUT2D eigenvalue weighted by molar-refractivity contribution is 7.92. The van der Waals surface area contributed by atoms with Crippen LogP contribution in [0.2, 0.25) is 0 Å². The van der Waals surface area contributed by atoms with Crippen LogP contribution in [0.5, 0.6) is 0 Å². The molecule has 0 aliphatic heterocycles. The van der Waals surface area contributed by atoms with Crippen molar-refractivity contribution in [1.29, 1.82) is 0 Å². The fraction of sp³-hybridized carbons (Fsp3) is 0.231. The van der Waals surface area contributed by atoms with E-state index in [-0.39, 0.29) is 16.5 Å². The summed E-state index contributed by atoms with van der Waals surface area (Å²) < 4.78 is 33.7. The zero-order valence-corrected chi connectivity index (χ0v) is 20.3. The van der Waals surface area contributed by atoms with Crippen LogP contribution in [0.15, 0.2) is 77.7 Å². The van der Waals surface area contributed by atoms with Crippen molar-refractivity contribution in [2.75, 3.05) is 4.72 Å². The van der Waals surface area contributed by atoms with E-state index in [0.29, 0.717) is 11.3 Å². The van der Waals surface area contributed by atoms with E-state index in [0.717, 1.165) is 11.1 Å². The number of anilines is 1. The van der Waals surface area contributed by atoms with Crippen molar-refractivity contribution in [3.8, 4) is 0 Å². The predicted octanol–water partition coefficient (Wildman–Crippen LogP) is 4.53. The van der Waals surface area contributed by atoms with Gasteiger partial charge in [0.05, 0.1) is 22.2 Å². The molecule has 0 heterocycles. The lowest BCUT2D eigenvalue weighted by atomic mass is 10.1. The Hall–Kier alpha value is -3.65.